The Kier molecular flexibility index (Phi) is 5.39. The first-order chi connectivity index (χ1) is 9.33. The summed E-state index contributed by atoms with van der Waals surface area (Å²) in [5, 5.41) is 0. The Morgan fingerprint density at radius 3 is 2.47 bits per heavy atom. The summed E-state index contributed by atoms with van der Waals surface area (Å²) in [4.78, 5) is 11.5. The monoisotopic (exact) mass is 263 g/mol. The highest BCUT2D eigenvalue weighted by atomic mass is 15.3. The molecule has 2 rings (SSSR count). The third kappa shape index (κ3) is 4.06. The molecule has 2 heterocycles. The summed E-state index contributed by atoms with van der Waals surface area (Å²) in [5.74, 6) is 8.13. The van der Waals surface area contributed by atoms with Crippen LogP contribution in [0, 0.1) is 0 Å². The molecule has 1 aromatic heterocycles. The smallest absolute Gasteiger partial charge is 0.145 e. The number of hydrazine groups is 1. The van der Waals surface area contributed by atoms with Gasteiger partial charge in [-0.25, -0.2) is 15.8 Å². The van der Waals surface area contributed by atoms with Crippen LogP contribution >= 0.6 is 0 Å². The van der Waals surface area contributed by atoms with Crippen molar-refractivity contribution in [1.29, 1.82) is 0 Å². The first-order valence-corrected chi connectivity index (χ1v) is 7.43. The average Bonchev–Trinajstić information content (AvgIpc) is 2.38. The van der Waals surface area contributed by atoms with Gasteiger partial charge in [-0.05, 0) is 19.3 Å². The lowest BCUT2D eigenvalue weighted by Gasteiger charge is -2.26. The van der Waals surface area contributed by atoms with Crippen LogP contribution in [-0.4, -0.2) is 23.1 Å². The van der Waals surface area contributed by atoms with E-state index < -0.39 is 0 Å². The average molecular weight is 263 g/mol. The van der Waals surface area contributed by atoms with E-state index in [9.17, 15) is 0 Å². The van der Waals surface area contributed by atoms with Crippen LogP contribution in [-0.2, 0) is 6.42 Å². The second kappa shape index (κ2) is 7.28. The molecule has 1 aliphatic heterocycles. The number of hydrogen-bond acceptors (Lipinski definition) is 5. The summed E-state index contributed by atoms with van der Waals surface area (Å²) in [6, 6.07) is 1.96. The van der Waals surface area contributed by atoms with Crippen LogP contribution in [0.5, 0.6) is 0 Å². The molecular formula is C14H25N5. The second-order valence-electron chi connectivity index (χ2n) is 5.18. The van der Waals surface area contributed by atoms with Gasteiger partial charge in [0.15, 0.2) is 0 Å². The molecule has 1 aliphatic rings. The third-order valence-corrected chi connectivity index (χ3v) is 3.56. The van der Waals surface area contributed by atoms with Crippen LogP contribution in [0.4, 0.5) is 11.6 Å². The molecule has 1 aromatic rings. The van der Waals surface area contributed by atoms with Gasteiger partial charge in [0.05, 0.1) is 0 Å². The van der Waals surface area contributed by atoms with Gasteiger partial charge in [-0.2, -0.15) is 0 Å². The van der Waals surface area contributed by atoms with Crippen LogP contribution in [0.3, 0.4) is 0 Å². The van der Waals surface area contributed by atoms with Crippen LogP contribution in [0.25, 0.3) is 0 Å². The lowest BCUT2D eigenvalue weighted by atomic mass is 10.1. The van der Waals surface area contributed by atoms with E-state index in [0.29, 0.717) is 0 Å². The Bertz CT molecular complexity index is 385. The summed E-state index contributed by atoms with van der Waals surface area (Å²) in [5.41, 5.74) is 2.66. The van der Waals surface area contributed by atoms with E-state index in [-0.39, 0.29) is 0 Å². The van der Waals surface area contributed by atoms with E-state index in [4.69, 9.17) is 5.84 Å². The van der Waals surface area contributed by atoms with Gasteiger partial charge >= 0.3 is 0 Å². The Balaban J connectivity index is 2.17. The highest BCUT2D eigenvalue weighted by Crippen LogP contribution is 2.20. The molecule has 1 saturated heterocycles. The minimum atomic E-state index is 0.718. The van der Waals surface area contributed by atoms with E-state index in [1.165, 1.54) is 32.1 Å². The van der Waals surface area contributed by atoms with Crippen molar-refractivity contribution < 1.29 is 0 Å². The van der Waals surface area contributed by atoms with Crippen molar-refractivity contribution in [2.24, 2.45) is 5.84 Å². The van der Waals surface area contributed by atoms with Crippen LogP contribution in [0.2, 0.25) is 0 Å². The molecule has 0 spiro atoms. The fourth-order valence-electron chi connectivity index (χ4n) is 2.53. The van der Waals surface area contributed by atoms with Gasteiger partial charge in [-0.1, -0.05) is 26.2 Å². The second-order valence-corrected chi connectivity index (χ2v) is 5.18. The lowest BCUT2D eigenvalue weighted by molar-refractivity contribution is 0.553. The molecule has 0 bridgehead atoms. The largest absolute Gasteiger partial charge is 0.356 e. The Morgan fingerprint density at radius 2 is 1.84 bits per heavy atom. The maximum absolute atomic E-state index is 5.51. The predicted molar refractivity (Wildman–Crippen MR) is 79.1 cm³/mol. The first kappa shape index (κ1) is 14.1. The molecule has 0 amide bonds. The number of nitrogen functional groups attached to an aromatic ring is 1. The number of aromatic nitrogens is 2. The van der Waals surface area contributed by atoms with Crippen molar-refractivity contribution in [3.05, 3.63) is 11.9 Å². The standard InChI is InChI=1S/C14H25N5/c1-2-8-12-16-13(18-15)11-14(17-12)19-9-6-4-3-5-7-10-19/h11H,2-10,15H2,1H3,(H,16,17,18). The van der Waals surface area contributed by atoms with E-state index in [2.05, 4.69) is 27.2 Å². The van der Waals surface area contributed by atoms with Crippen molar-refractivity contribution in [2.75, 3.05) is 23.4 Å². The van der Waals surface area contributed by atoms with Gasteiger partial charge in [0.1, 0.15) is 17.5 Å². The Labute approximate surface area is 115 Å². The SMILES string of the molecule is CCCc1nc(NN)cc(N2CCCCCCC2)n1. The molecule has 3 N–H and O–H groups in total. The number of aryl methyl sites for hydroxylation is 1. The minimum Gasteiger partial charge on any atom is -0.356 e. The zero-order chi connectivity index (χ0) is 13.5. The summed E-state index contributed by atoms with van der Waals surface area (Å²) in [6.07, 6.45) is 8.46. The molecule has 0 aromatic carbocycles. The van der Waals surface area contributed by atoms with Gasteiger partial charge in [-0.15, -0.1) is 0 Å². The molecular weight excluding hydrogens is 238 g/mol. The molecule has 1 fully saturated rings. The molecule has 106 valence electrons. The summed E-state index contributed by atoms with van der Waals surface area (Å²) < 4.78 is 0. The van der Waals surface area contributed by atoms with Gasteiger partial charge in [0.25, 0.3) is 0 Å². The molecule has 0 radical (unpaired) electrons. The zero-order valence-electron chi connectivity index (χ0n) is 11.9. The van der Waals surface area contributed by atoms with E-state index >= 15 is 0 Å². The van der Waals surface area contributed by atoms with Gasteiger partial charge in [0.2, 0.25) is 0 Å². The minimum absolute atomic E-state index is 0.718. The predicted octanol–water partition coefficient (Wildman–Crippen LogP) is 2.49. The van der Waals surface area contributed by atoms with E-state index in [0.717, 1.165) is 43.4 Å². The van der Waals surface area contributed by atoms with Gasteiger partial charge in [-0.3, -0.25) is 0 Å². The number of nitrogens with one attached hydrogen (secondary N) is 1. The maximum atomic E-state index is 5.51. The topological polar surface area (TPSA) is 67.1 Å². The number of rotatable bonds is 4. The maximum Gasteiger partial charge on any atom is 0.145 e. The Hall–Kier alpha value is -1.36. The molecule has 5 heteroatoms. The lowest BCUT2D eigenvalue weighted by Crippen LogP contribution is -2.28. The first-order valence-electron chi connectivity index (χ1n) is 7.43. The van der Waals surface area contributed by atoms with Crippen LogP contribution < -0.4 is 16.2 Å². The van der Waals surface area contributed by atoms with Crippen molar-refractivity contribution in [1.82, 2.24) is 9.97 Å². The summed E-state index contributed by atoms with van der Waals surface area (Å²) >= 11 is 0. The van der Waals surface area contributed by atoms with Crippen molar-refractivity contribution in [2.45, 2.75) is 51.9 Å². The fraction of sp³-hybridized carbons (Fsp3) is 0.714. The summed E-state index contributed by atoms with van der Waals surface area (Å²) in [7, 11) is 0. The zero-order valence-corrected chi connectivity index (χ0v) is 11.9. The molecule has 0 saturated carbocycles. The quantitative estimate of drug-likeness (QED) is 0.645. The van der Waals surface area contributed by atoms with E-state index in [1.54, 1.807) is 0 Å². The highest BCUT2D eigenvalue weighted by molar-refractivity contribution is 5.49. The highest BCUT2D eigenvalue weighted by Gasteiger charge is 2.12. The molecule has 0 unspecified atom stereocenters. The van der Waals surface area contributed by atoms with Crippen LogP contribution in [0.15, 0.2) is 6.07 Å². The van der Waals surface area contributed by atoms with Gasteiger partial charge in [0, 0.05) is 25.6 Å². The van der Waals surface area contributed by atoms with Crippen molar-refractivity contribution in [3.8, 4) is 0 Å². The molecule has 5 nitrogen and oxygen atoms in total. The van der Waals surface area contributed by atoms with E-state index in [1.807, 2.05) is 6.07 Å². The van der Waals surface area contributed by atoms with Gasteiger partial charge < -0.3 is 10.3 Å². The summed E-state index contributed by atoms with van der Waals surface area (Å²) in [6.45, 7) is 4.32. The molecule has 0 aliphatic carbocycles. The number of hydrogen-bond donors (Lipinski definition) is 2. The third-order valence-electron chi connectivity index (χ3n) is 3.56. The number of anilines is 2. The molecule has 19 heavy (non-hydrogen) atoms. The van der Waals surface area contributed by atoms with Crippen LogP contribution in [0.1, 0.15) is 51.3 Å². The van der Waals surface area contributed by atoms with Crippen molar-refractivity contribution >= 4 is 11.6 Å². The fourth-order valence-corrected chi connectivity index (χ4v) is 2.53. The normalized spacial score (nSPS) is 16.8. The number of nitrogens with zero attached hydrogens (tertiary/aromatic N) is 3. The number of nitrogens with two attached hydrogens (primary N) is 1. The van der Waals surface area contributed by atoms with Crippen molar-refractivity contribution in [3.63, 3.8) is 0 Å². The Morgan fingerprint density at radius 1 is 1.16 bits per heavy atom. The molecule has 0 atom stereocenters.